The topological polar surface area (TPSA) is 54.5 Å². The van der Waals surface area contributed by atoms with Gasteiger partial charge in [-0.1, -0.05) is 60.1 Å². The minimum Gasteiger partial charge on any atom is -0.273 e. The molecule has 116 valence electrons. The van der Waals surface area contributed by atoms with Gasteiger partial charge >= 0.3 is 0 Å². The van der Waals surface area contributed by atoms with Gasteiger partial charge in [-0.2, -0.15) is 0 Å². The van der Waals surface area contributed by atoms with Gasteiger partial charge in [0.2, 0.25) is 15.9 Å². The maximum atomic E-state index is 12.3. The van der Waals surface area contributed by atoms with Crippen molar-refractivity contribution in [1.82, 2.24) is 4.31 Å². The number of carbonyl (C=O) groups is 1. The molecule has 6 heteroatoms. The lowest BCUT2D eigenvalue weighted by Crippen LogP contribution is -2.35. The van der Waals surface area contributed by atoms with Crippen LogP contribution in [0.25, 0.3) is 0 Å². The van der Waals surface area contributed by atoms with Crippen LogP contribution in [0.4, 0.5) is 0 Å². The zero-order chi connectivity index (χ0) is 16.2. The second-order valence-corrected chi connectivity index (χ2v) is 7.28. The number of nitrogens with zero attached hydrogens (tertiary/aromatic N) is 1. The van der Waals surface area contributed by atoms with Gasteiger partial charge in [0.05, 0.1) is 12.2 Å². The average Bonchev–Trinajstić information content (AvgIpc) is 2.49. The first-order valence-corrected chi connectivity index (χ1v) is 8.65. The van der Waals surface area contributed by atoms with Gasteiger partial charge in [-0.05, 0) is 17.2 Å². The number of carbonyl (C=O) groups excluding carboxylic acids is 1. The molecule has 0 aliphatic rings. The molecule has 0 N–H and O–H groups in total. The van der Waals surface area contributed by atoms with Crippen molar-refractivity contribution >= 4 is 27.5 Å². The molecule has 2 aromatic rings. The van der Waals surface area contributed by atoms with E-state index in [0.717, 1.165) is 4.31 Å². The summed E-state index contributed by atoms with van der Waals surface area (Å²) < 4.78 is 25.4. The quantitative estimate of drug-likeness (QED) is 0.843. The highest BCUT2D eigenvalue weighted by Gasteiger charge is 2.24. The lowest BCUT2D eigenvalue weighted by Gasteiger charge is -2.18. The third-order valence-electron chi connectivity index (χ3n) is 3.26. The van der Waals surface area contributed by atoms with Crippen LogP contribution in [0.2, 0.25) is 5.02 Å². The lowest BCUT2D eigenvalue weighted by atomic mass is 10.1. The van der Waals surface area contributed by atoms with Gasteiger partial charge < -0.3 is 0 Å². The second-order valence-electron chi connectivity index (χ2n) is 4.87. The first kappa shape index (κ1) is 16.5. The van der Waals surface area contributed by atoms with E-state index in [0.29, 0.717) is 16.1 Å². The van der Waals surface area contributed by atoms with Crippen LogP contribution in [0.1, 0.15) is 11.1 Å². The van der Waals surface area contributed by atoms with E-state index in [1.165, 1.54) is 7.05 Å². The number of hydrogen-bond donors (Lipinski definition) is 0. The summed E-state index contributed by atoms with van der Waals surface area (Å²) in [6.45, 7) is 0. The van der Waals surface area contributed by atoms with Crippen LogP contribution in [0.15, 0.2) is 54.6 Å². The summed E-state index contributed by atoms with van der Waals surface area (Å²) in [5.41, 5.74) is 1.25. The van der Waals surface area contributed by atoms with E-state index in [1.807, 2.05) is 6.07 Å². The van der Waals surface area contributed by atoms with E-state index in [1.54, 1.807) is 48.5 Å². The summed E-state index contributed by atoms with van der Waals surface area (Å²) in [5.74, 6) is -0.720. The van der Waals surface area contributed by atoms with Crippen LogP contribution in [0, 0.1) is 0 Å². The number of benzene rings is 2. The minimum atomic E-state index is -3.70. The molecule has 0 bridgehead atoms. The number of halogens is 1. The Kier molecular flexibility index (Phi) is 5.21. The van der Waals surface area contributed by atoms with Crippen molar-refractivity contribution in [2.75, 3.05) is 7.05 Å². The Morgan fingerprint density at radius 1 is 1.05 bits per heavy atom. The average molecular weight is 338 g/mol. The predicted octanol–water partition coefficient (Wildman–Crippen LogP) is 2.87. The summed E-state index contributed by atoms with van der Waals surface area (Å²) in [7, 11) is -2.43. The molecule has 0 heterocycles. The van der Waals surface area contributed by atoms with Gasteiger partial charge in [-0.3, -0.25) is 4.79 Å². The van der Waals surface area contributed by atoms with Crippen molar-refractivity contribution < 1.29 is 13.2 Å². The molecule has 4 nitrogen and oxygen atoms in total. The summed E-state index contributed by atoms with van der Waals surface area (Å²) in [4.78, 5) is 12.2. The van der Waals surface area contributed by atoms with Gasteiger partial charge in [0.1, 0.15) is 0 Å². The van der Waals surface area contributed by atoms with Crippen LogP contribution in [-0.2, 0) is 27.0 Å². The van der Waals surface area contributed by atoms with Gasteiger partial charge in [-0.25, -0.2) is 12.7 Å². The lowest BCUT2D eigenvalue weighted by molar-refractivity contribution is -0.124. The summed E-state index contributed by atoms with van der Waals surface area (Å²) >= 11 is 6.00. The van der Waals surface area contributed by atoms with Crippen molar-refractivity contribution in [1.29, 1.82) is 0 Å². The van der Waals surface area contributed by atoms with Crippen LogP contribution in [-0.4, -0.2) is 25.7 Å². The number of sulfonamides is 1. The van der Waals surface area contributed by atoms with Crippen molar-refractivity contribution in [2.24, 2.45) is 0 Å². The Balaban J connectivity index is 2.11. The first-order valence-electron chi connectivity index (χ1n) is 6.67. The molecule has 0 spiro atoms. The van der Waals surface area contributed by atoms with Gasteiger partial charge in [0.25, 0.3) is 0 Å². The largest absolute Gasteiger partial charge is 0.273 e. The number of hydrogen-bond acceptors (Lipinski definition) is 3. The maximum absolute atomic E-state index is 12.3. The van der Waals surface area contributed by atoms with E-state index in [-0.39, 0.29) is 12.2 Å². The highest BCUT2D eigenvalue weighted by atomic mass is 35.5. The van der Waals surface area contributed by atoms with Gasteiger partial charge in [0.15, 0.2) is 0 Å². The highest BCUT2D eigenvalue weighted by Crippen LogP contribution is 2.17. The van der Waals surface area contributed by atoms with Crippen LogP contribution >= 0.6 is 11.6 Å². The molecule has 0 fully saturated rings. The molecule has 2 aromatic carbocycles. The SMILES string of the molecule is CN(C(=O)Cc1ccccc1Cl)S(=O)(=O)Cc1ccccc1. The van der Waals surface area contributed by atoms with Crippen LogP contribution in [0.3, 0.4) is 0 Å². The molecular weight excluding hydrogens is 322 g/mol. The third kappa shape index (κ3) is 4.08. The minimum absolute atomic E-state index is 0.0514. The molecule has 0 radical (unpaired) electrons. The van der Waals surface area contributed by atoms with Crippen molar-refractivity contribution in [3.8, 4) is 0 Å². The molecule has 22 heavy (non-hydrogen) atoms. The molecule has 0 aliphatic carbocycles. The first-order chi connectivity index (χ1) is 10.4. The van der Waals surface area contributed by atoms with Crippen molar-refractivity contribution in [3.05, 3.63) is 70.7 Å². The zero-order valence-electron chi connectivity index (χ0n) is 12.1. The molecule has 0 aliphatic heterocycles. The smallest absolute Gasteiger partial charge is 0.241 e. The molecule has 2 rings (SSSR count). The highest BCUT2D eigenvalue weighted by molar-refractivity contribution is 7.88. The number of rotatable bonds is 5. The van der Waals surface area contributed by atoms with Crippen molar-refractivity contribution in [2.45, 2.75) is 12.2 Å². The van der Waals surface area contributed by atoms with Gasteiger partial charge in [-0.15, -0.1) is 0 Å². The van der Waals surface area contributed by atoms with E-state index in [2.05, 4.69) is 0 Å². The summed E-state index contributed by atoms with van der Waals surface area (Å²) in [5, 5.41) is 0.449. The fourth-order valence-electron chi connectivity index (χ4n) is 1.95. The molecular formula is C16H16ClNO3S. The fraction of sp³-hybridized carbons (Fsp3) is 0.188. The molecule has 1 amide bonds. The maximum Gasteiger partial charge on any atom is 0.241 e. The molecule has 0 saturated carbocycles. The zero-order valence-corrected chi connectivity index (χ0v) is 13.6. The second kappa shape index (κ2) is 6.94. The Bertz CT molecular complexity index is 760. The molecule has 0 aromatic heterocycles. The predicted molar refractivity (Wildman–Crippen MR) is 87.0 cm³/mol. The Hall–Kier alpha value is -1.85. The Morgan fingerprint density at radius 2 is 1.64 bits per heavy atom. The monoisotopic (exact) mass is 337 g/mol. The van der Waals surface area contributed by atoms with E-state index in [9.17, 15) is 13.2 Å². The van der Waals surface area contributed by atoms with E-state index in [4.69, 9.17) is 11.6 Å². The van der Waals surface area contributed by atoms with E-state index < -0.39 is 15.9 Å². The van der Waals surface area contributed by atoms with E-state index >= 15 is 0 Å². The molecule has 0 saturated heterocycles. The molecule has 0 unspecified atom stereocenters. The number of amides is 1. The van der Waals surface area contributed by atoms with Crippen LogP contribution < -0.4 is 0 Å². The van der Waals surface area contributed by atoms with Crippen LogP contribution in [0.5, 0.6) is 0 Å². The summed E-state index contributed by atoms with van der Waals surface area (Å²) in [6.07, 6.45) is -0.0514. The summed E-state index contributed by atoms with van der Waals surface area (Å²) in [6, 6.07) is 15.6. The van der Waals surface area contributed by atoms with Gasteiger partial charge in [0, 0.05) is 12.1 Å². The normalized spacial score (nSPS) is 11.2. The Labute approximate surface area is 135 Å². The third-order valence-corrected chi connectivity index (χ3v) is 5.36. The number of likely N-dealkylation sites (N-methyl/N-ethyl adjacent to an activating group) is 1. The standard InChI is InChI=1S/C16H16ClNO3S/c1-18(16(19)11-14-9-5-6-10-15(14)17)22(20,21)12-13-7-3-2-4-8-13/h2-10H,11-12H2,1H3. The fourth-order valence-corrected chi connectivity index (χ4v) is 3.34. The molecule has 0 atom stereocenters. The Morgan fingerprint density at radius 3 is 2.27 bits per heavy atom. The van der Waals surface area contributed by atoms with Crippen molar-refractivity contribution in [3.63, 3.8) is 0 Å².